The second-order valence-electron chi connectivity index (χ2n) is 6.69. The summed E-state index contributed by atoms with van der Waals surface area (Å²) in [5, 5.41) is 2.96. The van der Waals surface area contributed by atoms with Crippen molar-refractivity contribution in [2.75, 3.05) is 0 Å². The highest BCUT2D eigenvalue weighted by atomic mass is 16.5. The molecule has 0 aliphatic heterocycles. The van der Waals surface area contributed by atoms with Gasteiger partial charge in [-0.25, -0.2) is 4.98 Å². The van der Waals surface area contributed by atoms with Crippen molar-refractivity contribution in [3.63, 3.8) is 0 Å². The number of nitrogens with zero attached hydrogens (tertiary/aromatic N) is 2. The topological polar surface area (TPSA) is 64.1 Å². The van der Waals surface area contributed by atoms with Crippen LogP contribution in [0.15, 0.2) is 42.9 Å². The zero-order valence-corrected chi connectivity index (χ0v) is 14.6. The van der Waals surface area contributed by atoms with E-state index in [1.807, 2.05) is 31.2 Å². The van der Waals surface area contributed by atoms with Gasteiger partial charge in [0, 0.05) is 37.6 Å². The van der Waals surface area contributed by atoms with Crippen molar-refractivity contribution in [2.24, 2.45) is 0 Å². The van der Waals surface area contributed by atoms with Crippen LogP contribution in [0.1, 0.15) is 56.1 Å². The number of hydrogen-bond acceptors (Lipinski definition) is 4. The molecule has 5 nitrogen and oxygen atoms in total. The zero-order chi connectivity index (χ0) is 17.5. The zero-order valence-electron chi connectivity index (χ0n) is 14.6. The molecule has 5 heteroatoms. The second-order valence-corrected chi connectivity index (χ2v) is 6.69. The first-order chi connectivity index (χ1) is 12.2. The number of amides is 1. The summed E-state index contributed by atoms with van der Waals surface area (Å²) in [7, 11) is 0. The van der Waals surface area contributed by atoms with Crippen molar-refractivity contribution in [3.8, 4) is 5.88 Å². The molecular formula is C20H25N3O2. The molecule has 0 unspecified atom stereocenters. The average Bonchev–Trinajstić information content (AvgIpc) is 3.15. The van der Waals surface area contributed by atoms with E-state index in [9.17, 15) is 4.79 Å². The summed E-state index contributed by atoms with van der Waals surface area (Å²) in [6.45, 7) is 2.53. The summed E-state index contributed by atoms with van der Waals surface area (Å²) in [6.07, 6.45) is 10.8. The molecule has 0 aromatic carbocycles. The van der Waals surface area contributed by atoms with E-state index >= 15 is 0 Å². The predicted molar refractivity (Wildman–Crippen MR) is 96.2 cm³/mol. The number of nitrogens with one attached hydrogen (secondary N) is 1. The molecule has 1 aliphatic carbocycles. The summed E-state index contributed by atoms with van der Waals surface area (Å²) in [6, 6.07) is 7.75. The van der Waals surface area contributed by atoms with Gasteiger partial charge in [0.25, 0.3) is 0 Å². The lowest BCUT2D eigenvalue weighted by molar-refractivity contribution is -0.121. The molecule has 1 fully saturated rings. The van der Waals surface area contributed by atoms with E-state index in [0.29, 0.717) is 24.9 Å². The van der Waals surface area contributed by atoms with Gasteiger partial charge in [0.1, 0.15) is 6.10 Å². The smallest absolute Gasteiger partial charge is 0.220 e. The standard InChI is InChI=1S/C20H25N3O2/c1-15(17-8-10-21-11-9-17)12-19(24)22-13-16-6-7-20(23-14-16)25-18-4-2-3-5-18/h6-11,14-15,18H,2-5,12-13H2,1H3,(H,22,24)/t15-/m0/s1. The average molecular weight is 339 g/mol. The molecule has 1 atom stereocenters. The van der Waals surface area contributed by atoms with E-state index in [1.54, 1.807) is 18.6 Å². The van der Waals surface area contributed by atoms with Crippen LogP contribution in [0.3, 0.4) is 0 Å². The van der Waals surface area contributed by atoms with Crippen LogP contribution < -0.4 is 10.1 Å². The summed E-state index contributed by atoms with van der Waals surface area (Å²) in [4.78, 5) is 20.5. The molecule has 1 aliphatic rings. The molecule has 2 aromatic heterocycles. The third kappa shape index (κ3) is 5.28. The Morgan fingerprint density at radius 1 is 1.24 bits per heavy atom. The van der Waals surface area contributed by atoms with Crippen LogP contribution in [0, 0.1) is 0 Å². The molecule has 0 bridgehead atoms. The van der Waals surface area contributed by atoms with Crippen LogP contribution in [0.5, 0.6) is 5.88 Å². The highest BCUT2D eigenvalue weighted by Gasteiger charge is 2.17. The maximum absolute atomic E-state index is 12.1. The van der Waals surface area contributed by atoms with Crippen molar-refractivity contribution in [1.29, 1.82) is 0 Å². The molecule has 0 spiro atoms. The number of carbonyl (C=O) groups is 1. The minimum absolute atomic E-state index is 0.0376. The number of pyridine rings is 2. The highest BCUT2D eigenvalue weighted by molar-refractivity contribution is 5.76. The second kappa shape index (κ2) is 8.60. The number of carbonyl (C=O) groups excluding carboxylic acids is 1. The predicted octanol–water partition coefficient (Wildman–Crippen LogP) is 3.61. The van der Waals surface area contributed by atoms with Crippen LogP contribution in [0.25, 0.3) is 0 Å². The van der Waals surface area contributed by atoms with E-state index < -0.39 is 0 Å². The van der Waals surface area contributed by atoms with Crippen molar-refractivity contribution < 1.29 is 9.53 Å². The van der Waals surface area contributed by atoms with Crippen molar-refractivity contribution in [2.45, 2.75) is 57.6 Å². The van der Waals surface area contributed by atoms with Gasteiger partial charge in [-0.05, 0) is 54.9 Å². The molecule has 2 aromatic rings. The van der Waals surface area contributed by atoms with Crippen LogP contribution in [-0.2, 0) is 11.3 Å². The Morgan fingerprint density at radius 3 is 2.68 bits per heavy atom. The third-order valence-electron chi connectivity index (χ3n) is 4.64. The molecule has 1 saturated carbocycles. The van der Waals surface area contributed by atoms with Crippen LogP contribution in [0.2, 0.25) is 0 Å². The lowest BCUT2D eigenvalue weighted by Crippen LogP contribution is -2.24. The fourth-order valence-electron chi connectivity index (χ4n) is 3.12. The van der Waals surface area contributed by atoms with Gasteiger partial charge in [-0.1, -0.05) is 13.0 Å². The number of aromatic nitrogens is 2. The van der Waals surface area contributed by atoms with Gasteiger partial charge in [-0.3, -0.25) is 9.78 Å². The van der Waals surface area contributed by atoms with Gasteiger partial charge in [-0.2, -0.15) is 0 Å². The molecule has 25 heavy (non-hydrogen) atoms. The van der Waals surface area contributed by atoms with E-state index in [2.05, 4.69) is 15.3 Å². The van der Waals surface area contributed by atoms with Crippen LogP contribution >= 0.6 is 0 Å². The third-order valence-corrected chi connectivity index (χ3v) is 4.64. The molecule has 3 rings (SSSR count). The molecule has 0 radical (unpaired) electrons. The van der Waals surface area contributed by atoms with Gasteiger partial charge in [0.2, 0.25) is 11.8 Å². The summed E-state index contributed by atoms with van der Waals surface area (Å²) >= 11 is 0. The van der Waals surface area contributed by atoms with Gasteiger partial charge < -0.3 is 10.1 Å². The number of hydrogen-bond donors (Lipinski definition) is 1. The van der Waals surface area contributed by atoms with E-state index in [0.717, 1.165) is 24.0 Å². The van der Waals surface area contributed by atoms with Gasteiger partial charge in [0.15, 0.2) is 0 Å². The first kappa shape index (κ1) is 17.4. The molecular weight excluding hydrogens is 314 g/mol. The largest absolute Gasteiger partial charge is 0.474 e. The first-order valence-corrected chi connectivity index (χ1v) is 8.99. The maximum Gasteiger partial charge on any atom is 0.220 e. The number of rotatable bonds is 7. The Bertz CT molecular complexity index is 667. The SMILES string of the molecule is C[C@@H](CC(=O)NCc1ccc(OC2CCCC2)nc1)c1ccncc1. The quantitative estimate of drug-likeness (QED) is 0.837. The molecule has 1 N–H and O–H groups in total. The summed E-state index contributed by atoms with van der Waals surface area (Å²) in [5.41, 5.74) is 2.10. The Labute approximate surface area is 148 Å². The molecule has 2 heterocycles. The van der Waals surface area contributed by atoms with E-state index in [4.69, 9.17) is 4.74 Å². The maximum atomic E-state index is 12.1. The van der Waals surface area contributed by atoms with Gasteiger partial charge in [0.05, 0.1) is 0 Å². The lowest BCUT2D eigenvalue weighted by atomic mass is 9.99. The van der Waals surface area contributed by atoms with Crippen molar-refractivity contribution >= 4 is 5.91 Å². The highest BCUT2D eigenvalue weighted by Crippen LogP contribution is 2.23. The number of ether oxygens (including phenoxy) is 1. The normalized spacial score (nSPS) is 15.7. The van der Waals surface area contributed by atoms with Crippen LogP contribution in [-0.4, -0.2) is 22.0 Å². The molecule has 0 saturated heterocycles. The van der Waals surface area contributed by atoms with E-state index in [1.165, 1.54) is 12.8 Å². The van der Waals surface area contributed by atoms with Crippen LogP contribution in [0.4, 0.5) is 0 Å². The van der Waals surface area contributed by atoms with Gasteiger partial charge in [-0.15, -0.1) is 0 Å². The van der Waals surface area contributed by atoms with Gasteiger partial charge >= 0.3 is 0 Å². The molecule has 1 amide bonds. The summed E-state index contributed by atoms with van der Waals surface area (Å²) < 4.78 is 5.85. The lowest BCUT2D eigenvalue weighted by Gasteiger charge is -2.13. The fraction of sp³-hybridized carbons (Fsp3) is 0.450. The molecule has 132 valence electrons. The Balaban J connectivity index is 1.43. The first-order valence-electron chi connectivity index (χ1n) is 8.99. The van der Waals surface area contributed by atoms with Crippen molar-refractivity contribution in [1.82, 2.24) is 15.3 Å². The Kier molecular flexibility index (Phi) is 5.99. The Hall–Kier alpha value is -2.43. The minimum Gasteiger partial charge on any atom is -0.474 e. The fourth-order valence-corrected chi connectivity index (χ4v) is 3.12. The minimum atomic E-state index is 0.0376. The van der Waals surface area contributed by atoms with Crippen molar-refractivity contribution in [3.05, 3.63) is 54.0 Å². The monoisotopic (exact) mass is 339 g/mol. The summed E-state index contributed by atoms with van der Waals surface area (Å²) in [5.74, 6) is 0.882. The Morgan fingerprint density at radius 2 is 2.00 bits per heavy atom. The van der Waals surface area contributed by atoms with E-state index in [-0.39, 0.29) is 11.8 Å².